The maximum Gasteiger partial charge on any atom is 0.248 e. The first-order valence-corrected chi connectivity index (χ1v) is 6.15. The third kappa shape index (κ3) is 2.90. The highest BCUT2D eigenvalue weighted by molar-refractivity contribution is 6.45. The first-order valence-electron chi connectivity index (χ1n) is 6.15. The van der Waals surface area contributed by atoms with Crippen LogP contribution in [0, 0.1) is 30.6 Å². The van der Waals surface area contributed by atoms with Crippen LogP contribution >= 0.6 is 0 Å². The largest absolute Gasteiger partial charge is 0.382 e. The van der Waals surface area contributed by atoms with Crippen LogP contribution in [0.15, 0.2) is 28.1 Å². The Morgan fingerprint density at radius 3 is 2.71 bits per heavy atom. The fourth-order valence-corrected chi connectivity index (χ4v) is 1.96. The molecule has 0 aliphatic rings. The van der Waals surface area contributed by atoms with Gasteiger partial charge in [-0.2, -0.15) is 10.4 Å². The number of nitriles is 1. The molecule has 0 aliphatic heterocycles. The zero-order valence-corrected chi connectivity index (χ0v) is 11.6. The lowest BCUT2D eigenvalue weighted by Crippen LogP contribution is -2.22. The number of H-pyrrole nitrogens is 1. The van der Waals surface area contributed by atoms with Crippen LogP contribution in [0.5, 0.6) is 0 Å². The Morgan fingerprint density at radius 2 is 2.10 bits per heavy atom. The summed E-state index contributed by atoms with van der Waals surface area (Å²) in [5, 5.41) is 20.7. The molecule has 0 radical (unpaired) electrons. The van der Waals surface area contributed by atoms with Crippen molar-refractivity contribution in [1.82, 2.24) is 4.98 Å². The quantitative estimate of drug-likeness (QED) is 0.384. The summed E-state index contributed by atoms with van der Waals surface area (Å²) in [6, 6.07) is 6.91. The van der Waals surface area contributed by atoms with E-state index < -0.39 is 5.84 Å². The Bertz CT molecular complexity index is 856. The summed E-state index contributed by atoms with van der Waals surface area (Å²) < 4.78 is 0. The van der Waals surface area contributed by atoms with Crippen molar-refractivity contribution in [3.05, 3.63) is 39.7 Å². The number of aryl methyl sites for hydroxylation is 2. The van der Waals surface area contributed by atoms with Gasteiger partial charge < -0.3 is 10.7 Å². The van der Waals surface area contributed by atoms with E-state index in [0.29, 0.717) is 11.2 Å². The van der Waals surface area contributed by atoms with Gasteiger partial charge in [0.25, 0.3) is 0 Å². The highest BCUT2D eigenvalue weighted by Crippen LogP contribution is 2.23. The molecule has 0 saturated heterocycles. The van der Waals surface area contributed by atoms with Gasteiger partial charge in [-0.1, -0.05) is 0 Å². The molecule has 2 rings (SSSR count). The first kappa shape index (κ1) is 14.3. The minimum atomic E-state index is -0.410. The second-order valence-corrected chi connectivity index (χ2v) is 4.63. The first-order chi connectivity index (χ1) is 9.92. The van der Waals surface area contributed by atoms with Crippen LogP contribution in [-0.4, -0.2) is 16.5 Å². The third-order valence-electron chi connectivity index (χ3n) is 3.04. The number of pyridine rings is 1. The van der Waals surface area contributed by atoms with Crippen molar-refractivity contribution in [1.29, 1.82) is 10.7 Å². The number of fused-ring (bicyclic) bond motifs is 1. The van der Waals surface area contributed by atoms with Gasteiger partial charge in [-0.25, -0.2) is 0 Å². The standard InChI is InChI=1S/C14H14N6O/c1-7-4-13(21)18-11-5-10(8(2)3-9(7)11)19-20-12(6-15)14(16)17/h3-5,19H,1-2H3,(H3,16,17)(H,18,21)/b20-12+. The fourth-order valence-electron chi connectivity index (χ4n) is 1.96. The van der Waals surface area contributed by atoms with Gasteiger partial charge in [0.05, 0.1) is 11.2 Å². The number of aromatic nitrogens is 1. The van der Waals surface area contributed by atoms with Crippen molar-refractivity contribution in [3.8, 4) is 6.07 Å². The molecular weight excluding hydrogens is 268 g/mol. The Balaban J connectivity index is 2.51. The molecule has 7 heteroatoms. The second kappa shape index (κ2) is 5.46. The molecule has 1 aromatic heterocycles. The summed E-state index contributed by atoms with van der Waals surface area (Å²) in [5.41, 5.74) is 10.6. The predicted octanol–water partition coefficient (Wildman–Crippen LogP) is 1.37. The summed E-state index contributed by atoms with van der Waals surface area (Å²) in [5.74, 6) is -0.410. The summed E-state index contributed by atoms with van der Waals surface area (Å²) in [7, 11) is 0. The minimum absolute atomic E-state index is 0.181. The molecule has 0 saturated carbocycles. The van der Waals surface area contributed by atoms with E-state index in [4.69, 9.17) is 16.4 Å². The molecule has 5 N–H and O–H groups in total. The van der Waals surface area contributed by atoms with Crippen molar-refractivity contribution < 1.29 is 0 Å². The Kier molecular flexibility index (Phi) is 3.71. The van der Waals surface area contributed by atoms with Gasteiger partial charge >= 0.3 is 0 Å². The average molecular weight is 282 g/mol. The van der Waals surface area contributed by atoms with Gasteiger partial charge in [0, 0.05) is 11.5 Å². The molecule has 2 aromatic rings. The van der Waals surface area contributed by atoms with Crippen molar-refractivity contribution in [3.63, 3.8) is 0 Å². The smallest absolute Gasteiger partial charge is 0.248 e. The molecule has 21 heavy (non-hydrogen) atoms. The average Bonchev–Trinajstić information content (AvgIpc) is 2.40. The van der Waals surface area contributed by atoms with Gasteiger partial charge in [-0.15, -0.1) is 0 Å². The molecule has 1 aromatic carbocycles. The van der Waals surface area contributed by atoms with E-state index in [-0.39, 0.29) is 11.3 Å². The summed E-state index contributed by atoms with van der Waals surface area (Å²) in [6.45, 7) is 3.74. The van der Waals surface area contributed by atoms with Crippen LogP contribution in [0.2, 0.25) is 0 Å². The lowest BCUT2D eigenvalue weighted by atomic mass is 10.1. The molecule has 0 amide bonds. The van der Waals surface area contributed by atoms with Crippen LogP contribution in [0.4, 0.5) is 5.69 Å². The van der Waals surface area contributed by atoms with E-state index >= 15 is 0 Å². The number of anilines is 1. The molecular formula is C14H14N6O. The Hall–Kier alpha value is -3.14. The van der Waals surface area contributed by atoms with Gasteiger partial charge in [-0.05, 0) is 37.1 Å². The highest BCUT2D eigenvalue weighted by Gasteiger charge is 2.06. The fraction of sp³-hybridized carbons (Fsp3) is 0.143. The van der Waals surface area contributed by atoms with E-state index in [1.54, 1.807) is 12.1 Å². The number of nitrogens with zero attached hydrogens (tertiary/aromatic N) is 2. The van der Waals surface area contributed by atoms with Crippen LogP contribution in [0.3, 0.4) is 0 Å². The van der Waals surface area contributed by atoms with E-state index in [2.05, 4.69) is 15.5 Å². The highest BCUT2D eigenvalue weighted by atomic mass is 16.1. The monoisotopic (exact) mass is 282 g/mol. The number of rotatable bonds is 3. The molecule has 106 valence electrons. The number of aromatic amines is 1. The molecule has 0 aliphatic carbocycles. The lowest BCUT2D eigenvalue weighted by molar-refractivity contribution is 1.26. The van der Waals surface area contributed by atoms with Gasteiger partial charge in [0.1, 0.15) is 6.07 Å². The van der Waals surface area contributed by atoms with E-state index in [1.165, 1.54) is 6.07 Å². The predicted molar refractivity (Wildman–Crippen MR) is 82.6 cm³/mol. The summed E-state index contributed by atoms with van der Waals surface area (Å²) >= 11 is 0. The zero-order chi connectivity index (χ0) is 15.6. The normalized spacial score (nSPS) is 11.2. The molecule has 0 unspecified atom stereocenters. The third-order valence-corrected chi connectivity index (χ3v) is 3.04. The number of hydrazone groups is 1. The van der Waals surface area contributed by atoms with Crippen molar-refractivity contribution >= 4 is 28.1 Å². The summed E-state index contributed by atoms with van der Waals surface area (Å²) in [6.07, 6.45) is 0. The number of nitrogens with one attached hydrogen (secondary N) is 3. The maximum absolute atomic E-state index is 11.5. The molecule has 0 atom stereocenters. The van der Waals surface area contributed by atoms with E-state index in [0.717, 1.165) is 16.5 Å². The number of amidine groups is 1. The lowest BCUT2D eigenvalue weighted by Gasteiger charge is -2.09. The van der Waals surface area contributed by atoms with Crippen LogP contribution in [0.25, 0.3) is 10.9 Å². The number of benzene rings is 1. The molecule has 0 fully saturated rings. The molecule has 0 spiro atoms. The zero-order valence-electron chi connectivity index (χ0n) is 11.6. The Morgan fingerprint density at radius 1 is 1.38 bits per heavy atom. The van der Waals surface area contributed by atoms with E-state index in [1.807, 2.05) is 19.9 Å². The van der Waals surface area contributed by atoms with Crippen LogP contribution in [-0.2, 0) is 0 Å². The van der Waals surface area contributed by atoms with Crippen molar-refractivity contribution in [2.45, 2.75) is 13.8 Å². The number of nitrogens with two attached hydrogens (primary N) is 1. The van der Waals surface area contributed by atoms with Gasteiger partial charge in [-0.3, -0.25) is 15.6 Å². The van der Waals surface area contributed by atoms with Crippen LogP contribution in [0.1, 0.15) is 11.1 Å². The molecule has 0 bridgehead atoms. The molecule has 1 heterocycles. The van der Waals surface area contributed by atoms with Gasteiger partial charge in [0.15, 0.2) is 5.84 Å². The Labute approximate surface area is 120 Å². The van der Waals surface area contributed by atoms with Crippen molar-refractivity contribution in [2.24, 2.45) is 10.8 Å². The SMILES string of the molecule is Cc1cc2c(C)cc(=O)[nH]c2cc1N/N=C(\C#N)C(=N)N. The van der Waals surface area contributed by atoms with Gasteiger partial charge in [0.2, 0.25) is 11.3 Å². The number of hydrogen-bond donors (Lipinski definition) is 4. The topological polar surface area (TPSA) is 131 Å². The van der Waals surface area contributed by atoms with E-state index in [9.17, 15) is 4.79 Å². The number of hydrogen-bond acceptors (Lipinski definition) is 5. The summed E-state index contributed by atoms with van der Waals surface area (Å²) in [4.78, 5) is 14.3. The van der Waals surface area contributed by atoms with Crippen LogP contribution < -0.4 is 16.7 Å². The maximum atomic E-state index is 11.5. The second-order valence-electron chi connectivity index (χ2n) is 4.63. The molecule has 7 nitrogen and oxygen atoms in total. The minimum Gasteiger partial charge on any atom is -0.382 e. The van der Waals surface area contributed by atoms with Crippen molar-refractivity contribution in [2.75, 3.05) is 5.43 Å².